The molecule has 0 unspecified atom stereocenters. The van der Waals surface area contributed by atoms with Gasteiger partial charge in [0, 0.05) is 8.07 Å². The molecule has 1 heteroatoms. The lowest BCUT2D eigenvalue weighted by molar-refractivity contribution is 0.679. The minimum Gasteiger partial charge on any atom is -0.0693 e. The summed E-state index contributed by atoms with van der Waals surface area (Å²) in [4.78, 5) is 0. The van der Waals surface area contributed by atoms with Crippen molar-refractivity contribution >= 4 is 8.07 Å². The molecule has 0 saturated heterocycles. The summed E-state index contributed by atoms with van der Waals surface area (Å²) in [5.41, 5.74) is 5.24. The van der Waals surface area contributed by atoms with Crippen LogP contribution in [0, 0.1) is 0 Å². The molecule has 78 valence electrons. The largest absolute Gasteiger partial charge is 0.0693 e. The molecule has 0 aromatic rings. The van der Waals surface area contributed by atoms with E-state index in [4.69, 9.17) is 0 Å². The Labute approximate surface area is 89.1 Å². The third kappa shape index (κ3) is 2.38. The number of allylic oxidation sites excluding steroid dienone is 4. The zero-order valence-corrected chi connectivity index (χ0v) is 10.8. The number of hydrogen-bond acceptors (Lipinski definition) is 0. The number of hydrogen-bond donors (Lipinski definition) is 0. The van der Waals surface area contributed by atoms with Crippen molar-refractivity contribution in [3.05, 3.63) is 22.8 Å². The summed E-state index contributed by atoms with van der Waals surface area (Å²) in [5.74, 6) is 0. The van der Waals surface area contributed by atoms with Gasteiger partial charge in [-0.25, -0.2) is 0 Å². The molecule has 0 N–H and O–H groups in total. The van der Waals surface area contributed by atoms with Gasteiger partial charge in [0.15, 0.2) is 0 Å². The Morgan fingerprint density at radius 2 is 1.86 bits per heavy atom. The van der Waals surface area contributed by atoms with Gasteiger partial charge in [-0.15, -0.1) is 0 Å². The molecule has 2 aliphatic rings. The standard InChI is InChI=1S/C13H22Si/c1-14(2,3)10-11-8-12-6-4-5-7-13(12)9-11/h8H,4-7,9-10H2,1-3H3. The maximum atomic E-state index is 2.53. The Balaban J connectivity index is 2.01. The van der Waals surface area contributed by atoms with Crippen LogP contribution in [0.2, 0.25) is 25.7 Å². The Kier molecular flexibility index (Phi) is 2.69. The molecule has 14 heavy (non-hydrogen) atoms. The quantitative estimate of drug-likeness (QED) is 0.583. The zero-order valence-electron chi connectivity index (χ0n) is 9.82. The Morgan fingerprint density at radius 1 is 1.14 bits per heavy atom. The van der Waals surface area contributed by atoms with E-state index < -0.39 is 8.07 Å². The summed E-state index contributed by atoms with van der Waals surface area (Å²) in [6.45, 7) is 7.43. The highest BCUT2D eigenvalue weighted by atomic mass is 28.3. The van der Waals surface area contributed by atoms with Gasteiger partial charge in [0.05, 0.1) is 0 Å². The molecule has 0 nitrogen and oxygen atoms in total. The van der Waals surface area contributed by atoms with Crippen LogP contribution >= 0.6 is 0 Å². The first-order valence-corrected chi connectivity index (χ1v) is 9.66. The van der Waals surface area contributed by atoms with E-state index in [1.54, 1.807) is 16.7 Å². The van der Waals surface area contributed by atoms with Gasteiger partial charge in [-0.2, -0.15) is 0 Å². The van der Waals surface area contributed by atoms with Crippen LogP contribution in [0.3, 0.4) is 0 Å². The van der Waals surface area contributed by atoms with Crippen LogP contribution in [0.1, 0.15) is 32.1 Å². The minimum atomic E-state index is -0.881. The smallest absolute Gasteiger partial charge is 0.0483 e. The maximum Gasteiger partial charge on any atom is 0.0483 e. The molecule has 0 atom stereocenters. The summed E-state index contributed by atoms with van der Waals surface area (Å²) in [7, 11) is -0.881. The predicted molar refractivity (Wildman–Crippen MR) is 66.3 cm³/mol. The highest BCUT2D eigenvalue weighted by Gasteiger charge is 2.22. The van der Waals surface area contributed by atoms with Crippen molar-refractivity contribution < 1.29 is 0 Å². The van der Waals surface area contributed by atoms with Crippen molar-refractivity contribution in [3.8, 4) is 0 Å². The monoisotopic (exact) mass is 206 g/mol. The van der Waals surface area contributed by atoms with E-state index in [1.807, 2.05) is 0 Å². The topological polar surface area (TPSA) is 0 Å². The van der Waals surface area contributed by atoms with Crippen LogP contribution in [0.15, 0.2) is 22.8 Å². The molecule has 0 aromatic carbocycles. The van der Waals surface area contributed by atoms with Gasteiger partial charge in [0.25, 0.3) is 0 Å². The SMILES string of the molecule is C[Si](C)(C)CC1=CC2=C(CCCC2)C1. The molecule has 0 heterocycles. The molecular formula is C13H22Si. The third-order valence-corrected chi connectivity index (χ3v) is 4.72. The molecule has 0 saturated carbocycles. The van der Waals surface area contributed by atoms with Gasteiger partial charge in [0.2, 0.25) is 0 Å². The second-order valence-corrected chi connectivity index (χ2v) is 11.5. The normalized spacial score (nSPS) is 22.4. The first-order valence-electron chi connectivity index (χ1n) is 5.95. The Morgan fingerprint density at radius 3 is 2.50 bits per heavy atom. The van der Waals surface area contributed by atoms with Crippen LogP contribution in [-0.2, 0) is 0 Å². The molecule has 0 spiro atoms. The summed E-state index contributed by atoms with van der Waals surface area (Å²) < 4.78 is 0. The minimum absolute atomic E-state index is 0.881. The Bertz CT molecular complexity index is 289. The van der Waals surface area contributed by atoms with E-state index in [2.05, 4.69) is 25.7 Å². The Hall–Kier alpha value is -0.303. The van der Waals surface area contributed by atoms with Crippen molar-refractivity contribution in [3.63, 3.8) is 0 Å². The van der Waals surface area contributed by atoms with Gasteiger partial charge in [-0.05, 0) is 43.7 Å². The molecule has 0 aliphatic heterocycles. The van der Waals surface area contributed by atoms with E-state index >= 15 is 0 Å². The second-order valence-electron chi connectivity index (χ2n) is 6.05. The predicted octanol–water partition coefficient (Wildman–Crippen LogP) is 4.53. The van der Waals surface area contributed by atoms with Crippen LogP contribution in [0.5, 0.6) is 0 Å². The molecule has 0 amide bonds. The summed E-state index contributed by atoms with van der Waals surface area (Å²) in [6.07, 6.45) is 9.49. The number of rotatable bonds is 2. The average Bonchev–Trinajstić information content (AvgIpc) is 2.42. The maximum absolute atomic E-state index is 2.53. The van der Waals surface area contributed by atoms with Crippen molar-refractivity contribution in [2.24, 2.45) is 0 Å². The highest BCUT2D eigenvalue weighted by molar-refractivity contribution is 6.76. The lowest BCUT2D eigenvalue weighted by Crippen LogP contribution is -2.19. The van der Waals surface area contributed by atoms with Gasteiger partial charge >= 0.3 is 0 Å². The van der Waals surface area contributed by atoms with Crippen LogP contribution < -0.4 is 0 Å². The fraction of sp³-hybridized carbons (Fsp3) is 0.692. The molecule has 0 radical (unpaired) electrons. The van der Waals surface area contributed by atoms with Crippen molar-refractivity contribution in [2.75, 3.05) is 0 Å². The fourth-order valence-corrected chi connectivity index (χ4v) is 4.32. The van der Waals surface area contributed by atoms with E-state index in [-0.39, 0.29) is 0 Å². The van der Waals surface area contributed by atoms with E-state index in [0.717, 1.165) is 0 Å². The summed E-state index contributed by atoms with van der Waals surface area (Å²) in [6, 6.07) is 1.42. The third-order valence-electron chi connectivity index (χ3n) is 3.20. The first kappa shape index (κ1) is 10.2. The van der Waals surface area contributed by atoms with Crippen LogP contribution in [0.25, 0.3) is 0 Å². The second kappa shape index (κ2) is 3.69. The van der Waals surface area contributed by atoms with Gasteiger partial charge in [-0.3, -0.25) is 0 Å². The lowest BCUT2D eigenvalue weighted by Gasteiger charge is -2.17. The van der Waals surface area contributed by atoms with Crippen LogP contribution in [-0.4, -0.2) is 8.07 Å². The molecule has 2 rings (SSSR count). The van der Waals surface area contributed by atoms with Gasteiger partial charge in [-0.1, -0.05) is 36.9 Å². The van der Waals surface area contributed by atoms with Crippen molar-refractivity contribution in [1.82, 2.24) is 0 Å². The van der Waals surface area contributed by atoms with Crippen molar-refractivity contribution in [2.45, 2.75) is 57.8 Å². The molecular weight excluding hydrogens is 184 g/mol. The van der Waals surface area contributed by atoms with E-state index in [0.29, 0.717) is 0 Å². The average molecular weight is 206 g/mol. The van der Waals surface area contributed by atoms with Crippen LogP contribution in [0.4, 0.5) is 0 Å². The van der Waals surface area contributed by atoms with Crippen molar-refractivity contribution in [1.29, 1.82) is 0 Å². The zero-order chi connectivity index (χ0) is 10.2. The van der Waals surface area contributed by atoms with E-state index in [1.165, 1.54) is 38.1 Å². The van der Waals surface area contributed by atoms with Gasteiger partial charge in [0.1, 0.15) is 0 Å². The van der Waals surface area contributed by atoms with Gasteiger partial charge < -0.3 is 0 Å². The molecule has 2 aliphatic carbocycles. The van der Waals surface area contributed by atoms with E-state index in [9.17, 15) is 0 Å². The fourth-order valence-electron chi connectivity index (χ4n) is 2.73. The first-order chi connectivity index (χ1) is 6.54. The highest BCUT2D eigenvalue weighted by Crippen LogP contribution is 2.38. The molecule has 0 aromatic heterocycles. The molecule has 0 fully saturated rings. The summed E-state index contributed by atoms with van der Waals surface area (Å²) >= 11 is 0. The lowest BCUT2D eigenvalue weighted by atomic mass is 9.94. The molecule has 0 bridgehead atoms. The summed E-state index contributed by atoms with van der Waals surface area (Å²) in [5, 5.41) is 0.